The summed E-state index contributed by atoms with van der Waals surface area (Å²) >= 11 is 0. The Hall–Kier alpha value is -1.94. The maximum Gasteiger partial charge on any atom is 0.306 e. The van der Waals surface area contributed by atoms with Crippen molar-refractivity contribution in [3.8, 4) is 5.75 Å². The average Bonchev–Trinajstić information content (AvgIpc) is 2.53. The molecule has 0 saturated carbocycles. The molecule has 0 fully saturated rings. The van der Waals surface area contributed by atoms with Gasteiger partial charge in [-0.25, -0.2) is 0 Å². The van der Waals surface area contributed by atoms with Crippen LogP contribution in [0.25, 0.3) is 0 Å². The molecule has 0 aliphatic carbocycles. The van der Waals surface area contributed by atoms with Crippen LogP contribution in [-0.4, -0.2) is 6.61 Å². The second-order valence-corrected chi connectivity index (χ2v) is 4.94. The van der Waals surface area contributed by atoms with E-state index in [1.165, 1.54) is 12.1 Å². The van der Waals surface area contributed by atoms with E-state index in [-0.39, 0.29) is 11.6 Å². The fourth-order valence-electron chi connectivity index (χ4n) is 1.99. The number of nitrogens with two attached hydrogens (primary N) is 1. The molecule has 2 aromatic carbocycles. The van der Waals surface area contributed by atoms with Crippen molar-refractivity contribution in [2.75, 3.05) is 6.61 Å². The molecule has 0 aromatic heterocycles. The van der Waals surface area contributed by atoms with Crippen LogP contribution in [0, 0.1) is 0 Å². The van der Waals surface area contributed by atoms with Crippen molar-refractivity contribution < 1.29 is 13.5 Å². The van der Waals surface area contributed by atoms with Crippen molar-refractivity contribution in [1.29, 1.82) is 0 Å². The lowest BCUT2D eigenvalue weighted by Gasteiger charge is -2.18. The van der Waals surface area contributed by atoms with Gasteiger partial charge in [-0.15, -0.1) is 0 Å². The highest BCUT2D eigenvalue weighted by molar-refractivity contribution is 5.29. The van der Waals surface area contributed by atoms with Crippen molar-refractivity contribution in [1.82, 2.24) is 0 Å². The molecule has 0 amide bonds. The summed E-state index contributed by atoms with van der Waals surface area (Å²) in [6, 6.07) is 14.6. The zero-order chi connectivity index (χ0) is 15.3. The third-order valence-corrected chi connectivity index (χ3v) is 3.36. The van der Waals surface area contributed by atoms with Crippen LogP contribution in [0.5, 0.6) is 5.75 Å². The van der Waals surface area contributed by atoms with Gasteiger partial charge in [0.2, 0.25) is 0 Å². The highest BCUT2D eigenvalue weighted by atomic mass is 19.3. The summed E-state index contributed by atoms with van der Waals surface area (Å²) in [4.78, 5) is 0. The van der Waals surface area contributed by atoms with E-state index in [0.717, 1.165) is 12.0 Å². The van der Waals surface area contributed by atoms with E-state index in [1.54, 1.807) is 30.3 Å². The molecule has 0 heterocycles. The molecule has 2 nitrogen and oxygen atoms in total. The first-order valence-corrected chi connectivity index (χ1v) is 6.94. The van der Waals surface area contributed by atoms with Crippen molar-refractivity contribution in [2.24, 2.45) is 5.73 Å². The topological polar surface area (TPSA) is 35.2 Å². The molecule has 21 heavy (non-hydrogen) atoms. The van der Waals surface area contributed by atoms with Gasteiger partial charge in [-0.1, -0.05) is 49.4 Å². The quantitative estimate of drug-likeness (QED) is 0.862. The first-order valence-electron chi connectivity index (χ1n) is 6.94. The van der Waals surface area contributed by atoms with Crippen LogP contribution in [0.1, 0.15) is 30.5 Å². The summed E-state index contributed by atoms with van der Waals surface area (Å²) < 4.78 is 33.1. The molecule has 4 heteroatoms. The molecule has 0 aliphatic rings. The van der Waals surface area contributed by atoms with Gasteiger partial charge >= 0.3 is 5.92 Å². The molecular formula is C17H19F2NO. The molecular weight excluding hydrogens is 272 g/mol. The highest BCUT2D eigenvalue weighted by Crippen LogP contribution is 2.29. The van der Waals surface area contributed by atoms with Crippen LogP contribution < -0.4 is 10.5 Å². The monoisotopic (exact) mass is 291 g/mol. The average molecular weight is 291 g/mol. The normalized spacial score (nSPS) is 13.0. The minimum atomic E-state index is -3.01. The Morgan fingerprint density at radius 2 is 1.67 bits per heavy atom. The minimum absolute atomic E-state index is 0.0372. The summed E-state index contributed by atoms with van der Waals surface area (Å²) in [6.45, 7) is 1.31. The van der Waals surface area contributed by atoms with Crippen molar-refractivity contribution in [3.63, 3.8) is 0 Å². The van der Waals surface area contributed by atoms with E-state index in [1.807, 2.05) is 19.1 Å². The summed E-state index contributed by atoms with van der Waals surface area (Å²) in [6.07, 6.45) is 0.826. The third kappa shape index (κ3) is 4.02. The van der Waals surface area contributed by atoms with Gasteiger partial charge < -0.3 is 10.5 Å². The standard InChI is InChI=1S/C17H19F2NO/c1-2-16(20)13-8-10-15(11-9-13)21-12-17(18,19)14-6-4-3-5-7-14/h3-11,16H,2,12,20H2,1H3/t16-/m1/s1. The van der Waals surface area contributed by atoms with Gasteiger partial charge in [0, 0.05) is 11.6 Å². The molecule has 2 aromatic rings. The van der Waals surface area contributed by atoms with Gasteiger partial charge in [-0.05, 0) is 24.1 Å². The smallest absolute Gasteiger partial charge is 0.306 e. The van der Waals surface area contributed by atoms with E-state index >= 15 is 0 Å². The maximum absolute atomic E-state index is 14.0. The third-order valence-electron chi connectivity index (χ3n) is 3.36. The van der Waals surface area contributed by atoms with Gasteiger partial charge in [-0.3, -0.25) is 0 Å². The Bertz CT molecular complexity index is 555. The summed E-state index contributed by atoms with van der Waals surface area (Å²) in [5.41, 5.74) is 6.83. The summed E-state index contributed by atoms with van der Waals surface area (Å²) in [5.74, 6) is -2.60. The van der Waals surface area contributed by atoms with Gasteiger partial charge in [0.05, 0.1) is 0 Å². The second kappa shape index (κ2) is 6.68. The number of rotatable bonds is 6. The number of benzene rings is 2. The van der Waals surface area contributed by atoms with Crippen LogP contribution >= 0.6 is 0 Å². The fourth-order valence-corrected chi connectivity index (χ4v) is 1.99. The predicted molar refractivity (Wildman–Crippen MR) is 79.5 cm³/mol. The van der Waals surface area contributed by atoms with E-state index in [0.29, 0.717) is 5.75 Å². The Kier molecular flexibility index (Phi) is 4.91. The number of hydrogen-bond acceptors (Lipinski definition) is 2. The zero-order valence-electron chi connectivity index (χ0n) is 11.9. The van der Waals surface area contributed by atoms with Crippen LogP contribution in [-0.2, 0) is 5.92 Å². The largest absolute Gasteiger partial charge is 0.487 e. The number of hydrogen-bond donors (Lipinski definition) is 1. The van der Waals surface area contributed by atoms with Crippen molar-refractivity contribution >= 4 is 0 Å². The SMILES string of the molecule is CC[C@@H](N)c1ccc(OCC(F)(F)c2ccccc2)cc1. The Morgan fingerprint density at radius 3 is 2.24 bits per heavy atom. The van der Waals surface area contributed by atoms with Crippen molar-refractivity contribution in [3.05, 3.63) is 65.7 Å². The molecule has 2 rings (SSSR count). The maximum atomic E-state index is 14.0. The zero-order valence-corrected chi connectivity index (χ0v) is 11.9. The summed E-state index contributed by atoms with van der Waals surface area (Å²) in [7, 11) is 0. The van der Waals surface area contributed by atoms with Crippen LogP contribution in [0.4, 0.5) is 8.78 Å². The summed E-state index contributed by atoms with van der Waals surface area (Å²) in [5, 5.41) is 0. The lowest BCUT2D eigenvalue weighted by Crippen LogP contribution is -2.23. The Balaban J connectivity index is 1.99. The molecule has 0 spiro atoms. The first kappa shape index (κ1) is 15.4. The van der Waals surface area contributed by atoms with E-state index < -0.39 is 12.5 Å². The van der Waals surface area contributed by atoms with E-state index in [4.69, 9.17) is 10.5 Å². The molecule has 0 unspecified atom stereocenters. The van der Waals surface area contributed by atoms with Gasteiger partial charge in [0.15, 0.2) is 6.61 Å². The number of halogens is 2. The molecule has 2 N–H and O–H groups in total. The van der Waals surface area contributed by atoms with Crippen LogP contribution in [0.2, 0.25) is 0 Å². The van der Waals surface area contributed by atoms with Gasteiger partial charge in [0.25, 0.3) is 0 Å². The molecule has 0 saturated heterocycles. The molecule has 0 radical (unpaired) electrons. The van der Waals surface area contributed by atoms with Crippen molar-refractivity contribution in [2.45, 2.75) is 25.3 Å². The van der Waals surface area contributed by atoms with E-state index in [2.05, 4.69) is 0 Å². The second-order valence-electron chi connectivity index (χ2n) is 4.94. The molecule has 0 bridgehead atoms. The fraction of sp³-hybridized carbons (Fsp3) is 0.294. The van der Waals surface area contributed by atoms with Crippen LogP contribution in [0.3, 0.4) is 0 Å². The number of alkyl halides is 2. The van der Waals surface area contributed by atoms with E-state index in [9.17, 15) is 8.78 Å². The number of ether oxygens (including phenoxy) is 1. The van der Waals surface area contributed by atoms with Gasteiger partial charge in [-0.2, -0.15) is 8.78 Å². The lowest BCUT2D eigenvalue weighted by molar-refractivity contribution is -0.0467. The molecule has 112 valence electrons. The Labute approximate surface area is 123 Å². The minimum Gasteiger partial charge on any atom is -0.487 e. The molecule has 0 aliphatic heterocycles. The predicted octanol–water partition coefficient (Wildman–Crippen LogP) is 4.27. The lowest BCUT2D eigenvalue weighted by atomic mass is 10.1. The van der Waals surface area contributed by atoms with Gasteiger partial charge in [0.1, 0.15) is 5.75 Å². The highest BCUT2D eigenvalue weighted by Gasteiger charge is 2.32. The first-order chi connectivity index (χ1) is 10.0. The van der Waals surface area contributed by atoms with Crippen LogP contribution in [0.15, 0.2) is 54.6 Å². The Morgan fingerprint density at radius 1 is 1.05 bits per heavy atom. The molecule has 1 atom stereocenters.